The van der Waals surface area contributed by atoms with Crippen molar-refractivity contribution >= 4 is 22.7 Å². The zero-order valence-corrected chi connectivity index (χ0v) is 12.2. The third kappa shape index (κ3) is 2.90. The van der Waals surface area contributed by atoms with Crippen molar-refractivity contribution in [2.24, 2.45) is 0 Å². The maximum atomic E-state index is 12.4. The second-order valence-corrected chi connectivity index (χ2v) is 5.31. The van der Waals surface area contributed by atoms with E-state index in [2.05, 4.69) is 9.97 Å². The van der Waals surface area contributed by atoms with Gasteiger partial charge in [0.25, 0.3) is 5.56 Å². The van der Waals surface area contributed by atoms with Crippen molar-refractivity contribution in [3.05, 3.63) is 59.3 Å². The van der Waals surface area contributed by atoms with Crippen LogP contribution in [0.1, 0.15) is 0 Å². The normalized spacial score (nSPS) is 10.7. The molecule has 0 aliphatic rings. The first kappa shape index (κ1) is 13.6. The lowest BCUT2D eigenvalue weighted by molar-refractivity contribution is 0.415. The highest BCUT2D eigenvalue weighted by atomic mass is 32.2. The quantitative estimate of drug-likeness (QED) is 0.693. The van der Waals surface area contributed by atoms with Crippen molar-refractivity contribution in [3.8, 4) is 5.75 Å². The van der Waals surface area contributed by atoms with Crippen molar-refractivity contribution in [1.82, 2.24) is 14.5 Å². The van der Waals surface area contributed by atoms with Crippen LogP contribution in [0.4, 0.5) is 0 Å². The zero-order valence-electron chi connectivity index (χ0n) is 11.4. The smallest absolute Gasteiger partial charge is 0.261 e. The number of ether oxygens (including phenoxy) is 1. The molecule has 3 rings (SSSR count). The average Bonchev–Trinajstić information content (AvgIpc) is 2.55. The SMILES string of the molecule is COc1ccc2c(=O)n(CSc3ccccn3)cnc2c1. The van der Waals surface area contributed by atoms with E-state index in [1.165, 1.54) is 11.8 Å². The minimum atomic E-state index is -0.0638. The highest BCUT2D eigenvalue weighted by molar-refractivity contribution is 7.98. The molecule has 0 bridgehead atoms. The van der Waals surface area contributed by atoms with Crippen molar-refractivity contribution < 1.29 is 4.74 Å². The number of pyridine rings is 1. The van der Waals surface area contributed by atoms with Gasteiger partial charge in [-0.15, -0.1) is 0 Å². The van der Waals surface area contributed by atoms with Crippen molar-refractivity contribution in [2.75, 3.05) is 7.11 Å². The van der Waals surface area contributed by atoms with Crippen LogP contribution in [0, 0.1) is 0 Å². The summed E-state index contributed by atoms with van der Waals surface area (Å²) in [6, 6.07) is 11.0. The summed E-state index contributed by atoms with van der Waals surface area (Å²) in [7, 11) is 1.59. The van der Waals surface area contributed by atoms with Gasteiger partial charge in [0, 0.05) is 12.3 Å². The topological polar surface area (TPSA) is 57.0 Å². The molecule has 0 unspecified atom stereocenters. The molecule has 106 valence electrons. The van der Waals surface area contributed by atoms with Gasteiger partial charge < -0.3 is 4.74 Å². The largest absolute Gasteiger partial charge is 0.497 e. The van der Waals surface area contributed by atoms with Gasteiger partial charge >= 0.3 is 0 Å². The van der Waals surface area contributed by atoms with E-state index < -0.39 is 0 Å². The molecule has 6 heteroatoms. The predicted octanol–water partition coefficient (Wildman–Crippen LogP) is 2.55. The summed E-state index contributed by atoms with van der Waals surface area (Å²) >= 11 is 1.49. The fraction of sp³-hybridized carbons (Fsp3) is 0.133. The first-order chi connectivity index (χ1) is 10.3. The van der Waals surface area contributed by atoms with Gasteiger partial charge in [0.15, 0.2) is 0 Å². The number of hydrogen-bond acceptors (Lipinski definition) is 5. The number of methoxy groups -OCH3 is 1. The van der Waals surface area contributed by atoms with Gasteiger partial charge in [-0.1, -0.05) is 17.8 Å². The molecule has 2 aromatic heterocycles. The fourth-order valence-corrected chi connectivity index (χ4v) is 2.69. The first-order valence-electron chi connectivity index (χ1n) is 6.35. The molecule has 0 aliphatic carbocycles. The Hall–Kier alpha value is -2.34. The third-order valence-corrected chi connectivity index (χ3v) is 3.97. The van der Waals surface area contributed by atoms with Gasteiger partial charge in [0.1, 0.15) is 5.75 Å². The monoisotopic (exact) mass is 299 g/mol. The molecule has 0 spiro atoms. The lowest BCUT2D eigenvalue weighted by Crippen LogP contribution is -2.19. The third-order valence-electron chi connectivity index (χ3n) is 3.02. The number of nitrogens with zero attached hydrogens (tertiary/aromatic N) is 3. The summed E-state index contributed by atoms with van der Waals surface area (Å²) in [5.41, 5.74) is 0.574. The molecule has 0 saturated heterocycles. The van der Waals surface area contributed by atoms with E-state index in [-0.39, 0.29) is 5.56 Å². The van der Waals surface area contributed by atoms with E-state index in [1.54, 1.807) is 42.4 Å². The minimum Gasteiger partial charge on any atom is -0.497 e. The number of hydrogen-bond donors (Lipinski definition) is 0. The molecule has 0 N–H and O–H groups in total. The molecule has 0 fully saturated rings. The second kappa shape index (κ2) is 5.97. The van der Waals surface area contributed by atoms with E-state index in [4.69, 9.17) is 4.74 Å². The van der Waals surface area contributed by atoms with Gasteiger partial charge in [0.05, 0.1) is 35.2 Å². The number of rotatable bonds is 4. The van der Waals surface area contributed by atoms with Crippen molar-refractivity contribution in [1.29, 1.82) is 0 Å². The highest BCUT2D eigenvalue weighted by Crippen LogP contribution is 2.18. The van der Waals surface area contributed by atoms with Crippen LogP contribution in [-0.2, 0) is 5.88 Å². The Balaban J connectivity index is 1.90. The van der Waals surface area contributed by atoms with Crippen LogP contribution in [0.15, 0.2) is 58.7 Å². The lowest BCUT2D eigenvalue weighted by atomic mass is 10.2. The number of benzene rings is 1. The fourth-order valence-electron chi connectivity index (χ4n) is 1.93. The molecule has 0 amide bonds. The Kier molecular flexibility index (Phi) is 3.87. The number of thioether (sulfide) groups is 1. The van der Waals surface area contributed by atoms with E-state index in [0.29, 0.717) is 22.5 Å². The molecule has 0 saturated carbocycles. The first-order valence-corrected chi connectivity index (χ1v) is 7.33. The van der Waals surface area contributed by atoms with Crippen LogP contribution < -0.4 is 10.3 Å². The Morgan fingerprint density at radius 2 is 2.14 bits per heavy atom. The highest BCUT2D eigenvalue weighted by Gasteiger charge is 2.06. The Labute approximate surface area is 125 Å². The maximum Gasteiger partial charge on any atom is 0.261 e. The minimum absolute atomic E-state index is 0.0638. The predicted molar refractivity (Wildman–Crippen MR) is 82.6 cm³/mol. The van der Waals surface area contributed by atoms with Gasteiger partial charge in [0.2, 0.25) is 0 Å². The van der Waals surface area contributed by atoms with E-state index in [9.17, 15) is 4.79 Å². The zero-order chi connectivity index (χ0) is 14.7. The van der Waals surface area contributed by atoms with E-state index in [1.807, 2.05) is 18.2 Å². The summed E-state index contributed by atoms with van der Waals surface area (Å²) in [6.45, 7) is 0. The molecular formula is C15H13N3O2S. The summed E-state index contributed by atoms with van der Waals surface area (Å²) in [4.78, 5) is 20.9. The maximum absolute atomic E-state index is 12.4. The number of fused-ring (bicyclic) bond motifs is 1. The Morgan fingerprint density at radius 1 is 1.24 bits per heavy atom. The summed E-state index contributed by atoms with van der Waals surface area (Å²) in [5, 5.41) is 1.46. The van der Waals surface area contributed by atoms with E-state index >= 15 is 0 Å². The summed E-state index contributed by atoms with van der Waals surface area (Å²) in [6.07, 6.45) is 3.29. The molecule has 0 aliphatic heterocycles. The van der Waals surface area contributed by atoms with Crippen LogP contribution in [-0.4, -0.2) is 21.6 Å². The second-order valence-electron chi connectivity index (χ2n) is 4.34. The van der Waals surface area contributed by atoms with Crippen LogP contribution in [0.5, 0.6) is 5.75 Å². The molecule has 1 aromatic carbocycles. The molecule has 0 atom stereocenters. The molecule has 5 nitrogen and oxygen atoms in total. The molecule has 0 radical (unpaired) electrons. The Morgan fingerprint density at radius 3 is 2.90 bits per heavy atom. The van der Waals surface area contributed by atoms with Gasteiger partial charge in [-0.05, 0) is 24.3 Å². The Bertz CT molecular complexity index is 818. The van der Waals surface area contributed by atoms with Crippen LogP contribution >= 0.6 is 11.8 Å². The summed E-state index contributed by atoms with van der Waals surface area (Å²) in [5.74, 6) is 1.17. The van der Waals surface area contributed by atoms with Crippen molar-refractivity contribution in [3.63, 3.8) is 0 Å². The standard InChI is InChI=1S/C15H13N3O2S/c1-20-11-5-6-12-13(8-11)17-9-18(15(12)19)10-21-14-4-2-3-7-16-14/h2-9H,10H2,1H3. The van der Waals surface area contributed by atoms with E-state index in [0.717, 1.165) is 5.03 Å². The van der Waals surface area contributed by atoms with Gasteiger partial charge in [-0.3, -0.25) is 9.36 Å². The van der Waals surface area contributed by atoms with Crippen molar-refractivity contribution in [2.45, 2.75) is 10.9 Å². The molecule has 2 heterocycles. The van der Waals surface area contributed by atoms with Crippen LogP contribution in [0.3, 0.4) is 0 Å². The van der Waals surface area contributed by atoms with Gasteiger partial charge in [-0.25, -0.2) is 9.97 Å². The molecular weight excluding hydrogens is 286 g/mol. The lowest BCUT2D eigenvalue weighted by Gasteiger charge is -2.07. The molecule has 21 heavy (non-hydrogen) atoms. The summed E-state index contributed by atoms with van der Waals surface area (Å²) < 4.78 is 6.71. The van der Waals surface area contributed by atoms with Gasteiger partial charge in [-0.2, -0.15) is 0 Å². The van der Waals surface area contributed by atoms with Crippen LogP contribution in [0.25, 0.3) is 10.9 Å². The molecule has 3 aromatic rings. The average molecular weight is 299 g/mol. The number of aromatic nitrogens is 3. The van der Waals surface area contributed by atoms with Crippen LogP contribution in [0.2, 0.25) is 0 Å².